The molecule has 0 radical (unpaired) electrons. The first-order valence-corrected chi connectivity index (χ1v) is 10.5. The van der Waals surface area contributed by atoms with Gasteiger partial charge in [-0.3, -0.25) is 0 Å². The number of hydrogen-bond donors (Lipinski definition) is 3. The van der Waals surface area contributed by atoms with Gasteiger partial charge in [0, 0.05) is 17.3 Å². The van der Waals surface area contributed by atoms with Crippen LogP contribution in [0.1, 0.15) is 10.4 Å². The van der Waals surface area contributed by atoms with Crippen LogP contribution in [-0.4, -0.2) is 38.2 Å². The minimum atomic E-state index is -1.25. The van der Waals surface area contributed by atoms with Crippen LogP contribution in [-0.2, 0) is 0 Å². The van der Waals surface area contributed by atoms with E-state index in [1.165, 1.54) is 18.2 Å². The number of ether oxygens (including phenoxy) is 2. The highest BCUT2D eigenvalue weighted by atomic mass is 35.5. The number of anilines is 2. The SMILES string of the molecule is COc1ccc(-c2nc(Nc3ccc(C(=O)O)c(O)c3)nc(Oc3c(Cl)cccc3Cl)n2)cc1. The van der Waals surface area contributed by atoms with Crippen molar-refractivity contribution in [2.75, 3.05) is 12.4 Å². The molecule has 0 aliphatic carbocycles. The third kappa shape index (κ3) is 5.11. The van der Waals surface area contributed by atoms with Crippen LogP contribution in [0.25, 0.3) is 11.4 Å². The van der Waals surface area contributed by atoms with E-state index < -0.39 is 11.7 Å². The van der Waals surface area contributed by atoms with Gasteiger partial charge in [0.1, 0.15) is 17.1 Å². The van der Waals surface area contributed by atoms with Crippen molar-refractivity contribution < 1.29 is 24.5 Å². The lowest BCUT2D eigenvalue weighted by Gasteiger charge is -2.12. The van der Waals surface area contributed by atoms with Crippen LogP contribution in [0, 0.1) is 0 Å². The van der Waals surface area contributed by atoms with Crippen LogP contribution in [0.3, 0.4) is 0 Å². The van der Waals surface area contributed by atoms with E-state index in [2.05, 4.69) is 20.3 Å². The number of aromatic hydroxyl groups is 1. The van der Waals surface area contributed by atoms with Crippen molar-refractivity contribution >= 4 is 40.8 Å². The molecule has 0 aliphatic heterocycles. The number of carbonyl (C=O) groups is 1. The van der Waals surface area contributed by atoms with E-state index in [0.717, 1.165) is 0 Å². The summed E-state index contributed by atoms with van der Waals surface area (Å²) in [6.45, 7) is 0. The summed E-state index contributed by atoms with van der Waals surface area (Å²) in [5, 5.41) is 22.5. The molecule has 0 spiro atoms. The van der Waals surface area contributed by atoms with E-state index in [-0.39, 0.29) is 39.1 Å². The summed E-state index contributed by atoms with van der Waals surface area (Å²) in [4.78, 5) is 24.2. The Morgan fingerprint density at radius 1 is 0.971 bits per heavy atom. The molecule has 1 aromatic heterocycles. The molecule has 3 N–H and O–H groups in total. The number of nitrogens with zero attached hydrogens (tertiary/aromatic N) is 3. The second-order valence-electron chi connectivity index (χ2n) is 6.81. The molecule has 4 rings (SSSR count). The van der Waals surface area contributed by atoms with Gasteiger partial charge in [-0.25, -0.2) is 4.79 Å². The number of aromatic nitrogens is 3. The molecule has 34 heavy (non-hydrogen) atoms. The number of carboxylic acids is 1. The standard InChI is InChI=1S/C23H16Cl2N4O5/c1-33-14-8-5-12(6-9-14)20-27-22(26-13-7-10-15(21(31)32)18(30)11-13)29-23(28-20)34-19-16(24)3-2-4-17(19)25/h2-11,30H,1H3,(H,31,32)(H,26,27,28,29). The summed E-state index contributed by atoms with van der Waals surface area (Å²) in [6, 6.07) is 15.8. The van der Waals surface area contributed by atoms with Gasteiger partial charge < -0.3 is 25.0 Å². The Kier molecular flexibility index (Phi) is 6.67. The Bertz CT molecular complexity index is 1350. The fourth-order valence-corrected chi connectivity index (χ4v) is 3.39. The molecule has 3 aromatic carbocycles. The van der Waals surface area contributed by atoms with E-state index in [4.69, 9.17) is 37.8 Å². The molecule has 0 fully saturated rings. The number of methoxy groups -OCH3 is 1. The summed E-state index contributed by atoms with van der Waals surface area (Å²) >= 11 is 12.4. The second-order valence-corrected chi connectivity index (χ2v) is 7.62. The number of carboxylic acid groups (broad SMARTS) is 1. The predicted octanol–water partition coefficient (Wildman–Crippen LogP) is 5.79. The van der Waals surface area contributed by atoms with Crippen LogP contribution >= 0.6 is 23.2 Å². The largest absolute Gasteiger partial charge is 0.507 e. The van der Waals surface area contributed by atoms with Gasteiger partial charge in [-0.2, -0.15) is 15.0 Å². The summed E-state index contributed by atoms with van der Waals surface area (Å²) in [5.41, 5.74) is 0.749. The molecule has 0 atom stereocenters. The lowest BCUT2D eigenvalue weighted by atomic mass is 10.2. The third-order valence-corrected chi connectivity index (χ3v) is 5.15. The number of para-hydroxylation sites is 1. The van der Waals surface area contributed by atoms with E-state index in [9.17, 15) is 9.90 Å². The highest BCUT2D eigenvalue weighted by Gasteiger charge is 2.16. The topological polar surface area (TPSA) is 127 Å². The Morgan fingerprint density at radius 2 is 1.68 bits per heavy atom. The van der Waals surface area contributed by atoms with Gasteiger partial charge in [0.15, 0.2) is 11.6 Å². The number of benzene rings is 3. The van der Waals surface area contributed by atoms with Crippen molar-refractivity contribution in [1.29, 1.82) is 0 Å². The van der Waals surface area contributed by atoms with Crippen molar-refractivity contribution in [3.8, 4) is 34.6 Å². The maximum Gasteiger partial charge on any atom is 0.339 e. The van der Waals surface area contributed by atoms with Gasteiger partial charge in [-0.15, -0.1) is 0 Å². The molecule has 0 amide bonds. The molecule has 4 aromatic rings. The van der Waals surface area contributed by atoms with Crippen molar-refractivity contribution in [2.24, 2.45) is 0 Å². The monoisotopic (exact) mass is 498 g/mol. The number of phenols is 1. The number of nitrogens with one attached hydrogen (secondary N) is 1. The Labute approximate surface area is 203 Å². The summed E-state index contributed by atoms with van der Waals surface area (Å²) < 4.78 is 11.0. The van der Waals surface area contributed by atoms with Crippen LogP contribution in [0.4, 0.5) is 11.6 Å². The maximum atomic E-state index is 11.2. The quantitative estimate of drug-likeness (QED) is 0.289. The first-order valence-electron chi connectivity index (χ1n) is 9.69. The Balaban J connectivity index is 1.74. The minimum Gasteiger partial charge on any atom is -0.507 e. The molecule has 0 aliphatic rings. The molecule has 0 unspecified atom stereocenters. The maximum absolute atomic E-state index is 11.2. The molecule has 9 nitrogen and oxygen atoms in total. The smallest absolute Gasteiger partial charge is 0.339 e. The fraction of sp³-hybridized carbons (Fsp3) is 0.0435. The number of rotatable bonds is 7. The van der Waals surface area contributed by atoms with Crippen LogP contribution in [0.15, 0.2) is 60.7 Å². The normalized spacial score (nSPS) is 10.6. The van der Waals surface area contributed by atoms with Gasteiger partial charge in [0.25, 0.3) is 0 Å². The first-order chi connectivity index (χ1) is 16.3. The predicted molar refractivity (Wildman–Crippen MR) is 127 cm³/mol. The highest BCUT2D eigenvalue weighted by Crippen LogP contribution is 2.36. The Hall–Kier alpha value is -4.08. The zero-order valence-electron chi connectivity index (χ0n) is 17.5. The van der Waals surface area contributed by atoms with E-state index in [1.54, 1.807) is 49.6 Å². The van der Waals surface area contributed by atoms with Crippen molar-refractivity contribution in [3.05, 3.63) is 76.3 Å². The lowest BCUT2D eigenvalue weighted by Crippen LogP contribution is -2.04. The fourth-order valence-electron chi connectivity index (χ4n) is 2.92. The minimum absolute atomic E-state index is 0.0708. The van der Waals surface area contributed by atoms with Gasteiger partial charge in [-0.05, 0) is 48.5 Å². The molecule has 0 bridgehead atoms. The van der Waals surface area contributed by atoms with Crippen LogP contribution < -0.4 is 14.8 Å². The number of hydrogen-bond acceptors (Lipinski definition) is 8. The Morgan fingerprint density at radius 3 is 2.29 bits per heavy atom. The van der Waals surface area contributed by atoms with Gasteiger partial charge in [0.2, 0.25) is 5.95 Å². The summed E-state index contributed by atoms with van der Waals surface area (Å²) in [6.07, 6.45) is 0. The summed E-state index contributed by atoms with van der Waals surface area (Å²) in [7, 11) is 1.56. The van der Waals surface area contributed by atoms with E-state index in [1.807, 2.05) is 0 Å². The van der Waals surface area contributed by atoms with Gasteiger partial charge >= 0.3 is 12.0 Å². The molecular weight excluding hydrogens is 483 g/mol. The second kappa shape index (κ2) is 9.82. The lowest BCUT2D eigenvalue weighted by molar-refractivity contribution is 0.0694. The van der Waals surface area contributed by atoms with E-state index >= 15 is 0 Å². The van der Waals surface area contributed by atoms with Crippen molar-refractivity contribution in [2.45, 2.75) is 0 Å². The molecule has 1 heterocycles. The molecular formula is C23H16Cl2N4O5. The molecule has 0 saturated carbocycles. The summed E-state index contributed by atoms with van der Waals surface area (Å²) in [5.74, 6) is -0.498. The average molecular weight is 499 g/mol. The van der Waals surface area contributed by atoms with Crippen molar-refractivity contribution in [1.82, 2.24) is 15.0 Å². The molecule has 0 saturated heterocycles. The number of halogens is 2. The van der Waals surface area contributed by atoms with Gasteiger partial charge in [0.05, 0.1) is 17.2 Å². The molecule has 11 heteroatoms. The zero-order chi connectivity index (χ0) is 24.2. The first kappa shape index (κ1) is 23.1. The van der Waals surface area contributed by atoms with Gasteiger partial charge in [-0.1, -0.05) is 29.3 Å². The average Bonchev–Trinajstić information content (AvgIpc) is 2.81. The zero-order valence-corrected chi connectivity index (χ0v) is 19.0. The highest BCUT2D eigenvalue weighted by molar-refractivity contribution is 6.37. The van der Waals surface area contributed by atoms with Crippen LogP contribution in [0.2, 0.25) is 10.0 Å². The van der Waals surface area contributed by atoms with Crippen LogP contribution in [0.5, 0.6) is 23.3 Å². The van der Waals surface area contributed by atoms with Crippen molar-refractivity contribution in [3.63, 3.8) is 0 Å². The third-order valence-electron chi connectivity index (χ3n) is 4.56. The molecule has 172 valence electrons. The number of aromatic carboxylic acids is 1. The van der Waals surface area contributed by atoms with E-state index in [0.29, 0.717) is 17.0 Å².